The number of phenolic OH excluding ortho intramolecular Hbond substituents is 1. The Morgan fingerprint density at radius 3 is 2.68 bits per heavy atom. The minimum Gasteiger partial charge on any atom is -0.508 e. The molecule has 2 aromatic carbocycles. The first-order valence-electron chi connectivity index (χ1n) is 7.72. The second-order valence-electron chi connectivity index (χ2n) is 5.59. The van der Waals surface area contributed by atoms with E-state index < -0.39 is 0 Å². The molecule has 2 heterocycles. The van der Waals surface area contributed by atoms with Crippen LogP contribution in [-0.2, 0) is 6.42 Å². The van der Waals surface area contributed by atoms with Crippen molar-refractivity contribution in [3.05, 3.63) is 83.1 Å². The fourth-order valence-electron chi connectivity index (χ4n) is 2.55. The van der Waals surface area contributed by atoms with Gasteiger partial charge in [0.15, 0.2) is 5.65 Å². The maximum atomic E-state index is 9.41. The highest BCUT2D eigenvalue weighted by Gasteiger charge is 2.08. The van der Waals surface area contributed by atoms with Gasteiger partial charge in [0, 0.05) is 16.3 Å². The van der Waals surface area contributed by atoms with Crippen LogP contribution in [0, 0.1) is 0 Å². The lowest BCUT2D eigenvalue weighted by Crippen LogP contribution is -1.99. The van der Waals surface area contributed by atoms with E-state index in [1.54, 1.807) is 23.9 Å². The molecule has 2 aromatic heterocycles. The molecule has 25 heavy (non-hydrogen) atoms. The number of benzene rings is 2. The van der Waals surface area contributed by atoms with E-state index in [0.29, 0.717) is 11.4 Å². The van der Waals surface area contributed by atoms with Crippen molar-refractivity contribution in [2.75, 3.05) is 0 Å². The topological polar surface area (TPSA) is 50.4 Å². The summed E-state index contributed by atoms with van der Waals surface area (Å²) >= 11 is 7.61. The molecule has 4 nitrogen and oxygen atoms in total. The molecule has 0 fully saturated rings. The first kappa shape index (κ1) is 16.0. The number of hydrogen-bond donors (Lipinski definition) is 1. The molecule has 0 spiro atoms. The van der Waals surface area contributed by atoms with E-state index in [2.05, 4.69) is 4.98 Å². The molecule has 0 amide bonds. The van der Waals surface area contributed by atoms with Gasteiger partial charge in [0.1, 0.15) is 10.8 Å². The Balaban J connectivity index is 1.64. The van der Waals surface area contributed by atoms with Crippen molar-refractivity contribution >= 4 is 29.0 Å². The van der Waals surface area contributed by atoms with Crippen LogP contribution in [0.25, 0.3) is 5.65 Å². The second kappa shape index (κ2) is 6.78. The quantitative estimate of drug-likeness (QED) is 0.561. The number of hydrogen-bond acceptors (Lipinski definition) is 4. The Labute approximate surface area is 154 Å². The minimum absolute atomic E-state index is 0.264. The molecule has 6 heteroatoms. The van der Waals surface area contributed by atoms with Crippen LogP contribution in [0.4, 0.5) is 0 Å². The van der Waals surface area contributed by atoms with Crippen LogP contribution in [0.5, 0.6) is 5.75 Å². The molecule has 0 radical (unpaired) electrons. The summed E-state index contributed by atoms with van der Waals surface area (Å²) in [4.78, 5) is 5.46. The molecule has 124 valence electrons. The Morgan fingerprint density at radius 2 is 1.88 bits per heavy atom. The predicted octanol–water partition coefficient (Wildman–Crippen LogP) is 4.83. The molecule has 0 aliphatic rings. The van der Waals surface area contributed by atoms with Crippen molar-refractivity contribution < 1.29 is 5.11 Å². The van der Waals surface area contributed by atoms with E-state index in [1.807, 2.05) is 59.2 Å². The largest absolute Gasteiger partial charge is 0.508 e. The monoisotopic (exact) mass is 367 g/mol. The normalized spacial score (nSPS) is 11.1. The van der Waals surface area contributed by atoms with E-state index in [0.717, 1.165) is 26.8 Å². The lowest BCUT2D eigenvalue weighted by atomic mass is 10.1. The Kier molecular flexibility index (Phi) is 4.34. The molecule has 0 atom stereocenters. The van der Waals surface area contributed by atoms with Crippen molar-refractivity contribution in [2.24, 2.45) is 0 Å². The Bertz CT molecular complexity index is 1030. The summed E-state index contributed by atoms with van der Waals surface area (Å²) in [7, 11) is 0. The zero-order valence-electron chi connectivity index (χ0n) is 13.1. The highest BCUT2D eigenvalue weighted by Crippen LogP contribution is 2.28. The number of rotatable bonds is 4. The third-order valence-electron chi connectivity index (χ3n) is 3.75. The maximum absolute atomic E-state index is 9.41. The average molecular weight is 368 g/mol. The summed E-state index contributed by atoms with van der Waals surface area (Å²) in [5.41, 5.74) is 2.90. The molecule has 0 saturated carbocycles. The first-order valence-corrected chi connectivity index (χ1v) is 8.92. The zero-order valence-corrected chi connectivity index (χ0v) is 14.7. The van der Waals surface area contributed by atoms with Crippen molar-refractivity contribution in [2.45, 2.75) is 16.3 Å². The molecule has 4 aromatic rings. The molecule has 0 aliphatic carbocycles. The van der Waals surface area contributed by atoms with Gasteiger partial charge in [0.2, 0.25) is 0 Å². The molecular weight excluding hydrogens is 354 g/mol. The molecule has 0 unspecified atom stereocenters. The number of fused-ring (bicyclic) bond motifs is 1. The van der Waals surface area contributed by atoms with Gasteiger partial charge in [-0.15, -0.1) is 0 Å². The van der Waals surface area contributed by atoms with Crippen LogP contribution in [-0.4, -0.2) is 19.7 Å². The Hall–Kier alpha value is -2.50. The van der Waals surface area contributed by atoms with Crippen LogP contribution in [0.3, 0.4) is 0 Å². The number of phenols is 1. The van der Waals surface area contributed by atoms with Crippen LogP contribution >= 0.6 is 23.4 Å². The summed E-state index contributed by atoms with van der Waals surface area (Å²) < 4.78 is 1.86. The highest BCUT2D eigenvalue weighted by atomic mass is 35.5. The number of halogens is 1. The summed E-state index contributed by atoms with van der Waals surface area (Å²) in [5, 5.41) is 15.7. The van der Waals surface area contributed by atoms with Gasteiger partial charge >= 0.3 is 0 Å². The van der Waals surface area contributed by atoms with E-state index in [1.165, 1.54) is 0 Å². The molecule has 0 aliphatic heterocycles. The minimum atomic E-state index is 0.264. The first-order chi connectivity index (χ1) is 12.2. The predicted molar refractivity (Wildman–Crippen MR) is 99.5 cm³/mol. The van der Waals surface area contributed by atoms with Crippen molar-refractivity contribution in [1.82, 2.24) is 14.6 Å². The average Bonchev–Trinajstić information content (AvgIpc) is 2.99. The van der Waals surface area contributed by atoms with Gasteiger partial charge < -0.3 is 5.11 Å². The molecule has 4 rings (SSSR count). The van der Waals surface area contributed by atoms with Gasteiger partial charge in [-0.2, -0.15) is 5.10 Å². The van der Waals surface area contributed by atoms with Crippen molar-refractivity contribution in [1.29, 1.82) is 0 Å². The highest BCUT2D eigenvalue weighted by molar-refractivity contribution is 7.99. The van der Waals surface area contributed by atoms with E-state index in [4.69, 9.17) is 16.7 Å². The van der Waals surface area contributed by atoms with Crippen LogP contribution in [0.2, 0.25) is 5.02 Å². The molecule has 0 saturated heterocycles. The van der Waals surface area contributed by atoms with Gasteiger partial charge in [-0.3, -0.25) is 0 Å². The van der Waals surface area contributed by atoms with E-state index in [-0.39, 0.29) is 5.75 Å². The summed E-state index contributed by atoms with van der Waals surface area (Å²) in [6.07, 6.45) is 2.53. The summed E-state index contributed by atoms with van der Waals surface area (Å²) in [6, 6.07) is 18.8. The van der Waals surface area contributed by atoms with Gasteiger partial charge in [0.25, 0.3) is 0 Å². The number of nitrogens with zero attached hydrogens (tertiary/aromatic N) is 3. The van der Waals surface area contributed by atoms with E-state index >= 15 is 0 Å². The Morgan fingerprint density at radius 1 is 1.04 bits per heavy atom. The van der Waals surface area contributed by atoms with Crippen molar-refractivity contribution in [3.8, 4) is 5.75 Å². The lowest BCUT2D eigenvalue weighted by molar-refractivity contribution is 0.475. The van der Waals surface area contributed by atoms with Crippen LogP contribution in [0.1, 0.15) is 11.3 Å². The fourth-order valence-corrected chi connectivity index (χ4v) is 3.64. The van der Waals surface area contributed by atoms with Crippen molar-refractivity contribution in [3.63, 3.8) is 0 Å². The smallest absolute Gasteiger partial charge is 0.153 e. The number of aromatic hydroxyl groups is 1. The van der Waals surface area contributed by atoms with Gasteiger partial charge in [-0.05, 0) is 48.0 Å². The van der Waals surface area contributed by atoms with Gasteiger partial charge in [0.05, 0.1) is 11.9 Å². The third-order valence-corrected chi connectivity index (χ3v) is 4.90. The zero-order chi connectivity index (χ0) is 17.2. The third kappa shape index (κ3) is 3.62. The molecule has 0 bridgehead atoms. The fraction of sp³-hybridized carbons (Fsp3) is 0.0526. The van der Waals surface area contributed by atoms with Gasteiger partial charge in [-0.1, -0.05) is 41.6 Å². The lowest BCUT2D eigenvalue weighted by Gasteiger charge is -2.05. The van der Waals surface area contributed by atoms with E-state index in [9.17, 15) is 5.11 Å². The maximum Gasteiger partial charge on any atom is 0.153 e. The number of aromatic nitrogens is 3. The summed E-state index contributed by atoms with van der Waals surface area (Å²) in [6.45, 7) is 0. The van der Waals surface area contributed by atoms with Crippen LogP contribution < -0.4 is 0 Å². The summed E-state index contributed by atoms with van der Waals surface area (Å²) in [5.74, 6) is 0.264. The SMILES string of the molecule is Oc1ccc(Cc2cnc3ccc(Sc4cccc(Cl)c4)nn23)cc1. The second-order valence-corrected chi connectivity index (χ2v) is 7.12. The molecule has 1 N–H and O–H groups in total. The van der Waals surface area contributed by atoms with Crippen LogP contribution in [0.15, 0.2) is 76.8 Å². The standard InChI is InChI=1S/C19H14ClN3OS/c20-14-2-1-3-17(11-14)25-19-9-8-18-21-12-15(23(18)22-19)10-13-4-6-16(24)7-5-13/h1-9,11-12,24H,10H2. The molecular formula is C19H14ClN3OS. The number of imidazole rings is 1. The van der Waals surface area contributed by atoms with Gasteiger partial charge in [-0.25, -0.2) is 9.50 Å².